The Morgan fingerprint density at radius 1 is 1.17 bits per heavy atom. The lowest BCUT2D eigenvalue weighted by atomic mass is 9.96. The molecule has 0 aliphatic rings. The van der Waals surface area contributed by atoms with Gasteiger partial charge in [0.15, 0.2) is 0 Å². The summed E-state index contributed by atoms with van der Waals surface area (Å²) in [5, 5.41) is 21.6. The number of benzene rings is 1. The van der Waals surface area contributed by atoms with Gasteiger partial charge in [0.1, 0.15) is 11.4 Å². The third-order valence-corrected chi connectivity index (χ3v) is 6.37. The van der Waals surface area contributed by atoms with E-state index in [2.05, 4.69) is 22.1 Å². The van der Waals surface area contributed by atoms with Crippen molar-refractivity contribution in [3.63, 3.8) is 0 Å². The second kappa shape index (κ2) is 7.72. The van der Waals surface area contributed by atoms with Crippen LogP contribution in [-0.2, 0) is 12.0 Å². The van der Waals surface area contributed by atoms with Gasteiger partial charge in [-0.3, -0.25) is 4.98 Å². The Morgan fingerprint density at radius 3 is 2.79 bits per heavy atom. The number of aromatic nitrogens is 2. The molecule has 4 N–H and O–H groups in total. The van der Waals surface area contributed by atoms with Gasteiger partial charge >= 0.3 is 0 Å². The first-order valence-corrected chi connectivity index (χ1v) is 10.3. The Bertz CT molecular complexity index is 1190. The predicted octanol–water partition coefficient (Wildman–Crippen LogP) is 4.38. The highest BCUT2D eigenvalue weighted by atomic mass is 35.5. The number of anilines is 1. The molecule has 4 aromatic rings. The van der Waals surface area contributed by atoms with E-state index in [1.807, 2.05) is 18.2 Å². The summed E-state index contributed by atoms with van der Waals surface area (Å²) in [5.74, 6) is 0.447. The van der Waals surface area contributed by atoms with Crippen LogP contribution in [0.3, 0.4) is 0 Å². The molecule has 7 heteroatoms. The molecule has 0 unspecified atom stereocenters. The molecule has 0 aliphatic carbocycles. The number of thiophene rings is 1. The number of halogens is 1. The molecular formula is C22H20ClN3O2S. The van der Waals surface area contributed by atoms with Gasteiger partial charge in [0, 0.05) is 27.8 Å². The van der Waals surface area contributed by atoms with E-state index < -0.39 is 5.60 Å². The van der Waals surface area contributed by atoms with Crippen molar-refractivity contribution in [2.24, 2.45) is 0 Å². The van der Waals surface area contributed by atoms with Gasteiger partial charge in [-0.05, 0) is 48.2 Å². The van der Waals surface area contributed by atoms with Gasteiger partial charge < -0.3 is 15.9 Å². The van der Waals surface area contributed by atoms with Gasteiger partial charge in [0.25, 0.3) is 0 Å². The van der Waals surface area contributed by atoms with E-state index in [0.29, 0.717) is 22.8 Å². The Morgan fingerprint density at radius 2 is 2.00 bits per heavy atom. The number of pyridine rings is 2. The van der Waals surface area contributed by atoms with Crippen LogP contribution in [0.5, 0.6) is 0 Å². The molecule has 0 saturated carbocycles. The van der Waals surface area contributed by atoms with Crippen molar-refractivity contribution in [3.05, 3.63) is 75.9 Å². The first-order valence-electron chi connectivity index (χ1n) is 9.10. The van der Waals surface area contributed by atoms with Crippen LogP contribution in [0.1, 0.15) is 23.1 Å². The van der Waals surface area contributed by atoms with Crippen molar-refractivity contribution in [1.82, 2.24) is 9.97 Å². The van der Waals surface area contributed by atoms with Crippen molar-refractivity contribution < 1.29 is 10.2 Å². The van der Waals surface area contributed by atoms with Crippen LogP contribution in [0.2, 0.25) is 5.02 Å². The highest BCUT2D eigenvalue weighted by Gasteiger charge is 2.23. The third-order valence-electron chi connectivity index (χ3n) is 4.84. The smallest absolute Gasteiger partial charge is 0.123 e. The molecule has 1 aromatic carbocycles. The largest absolute Gasteiger partial charge is 0.393 e. The fourth-order valence-corrected chi connectivity index (χ4v) is 4.56. The van der Waals surface area contributed by atoms with Crippen molar-refractivity contribution in [3.8, 4) is 11.3 Å². The third kappa shape index (κ3) is 3.97. The van der Waals surface area contributed by atoms with Gasteiger partial charge in [0.2, 0.25) is 0 Å². The number of hydrogen-bond acceptors (Lipinski definition) is 6. The minimum Gasteiger partial charge on any atom is -0.393 e. The molecule has 0 saturated heterocycles. The molecule has 0 bridgehead atoms. The summed E-state index contributed by atoms with van der Waals surface area (Å²) < 4.78 is 1.09. The lowest BCUT2D eigenvalue weighted by Gasteiger charge is -2.21. The summed E-state index contributed by atoms with van der Waals surface area (Å²) in [6, 6.07) is 15.2. The second-order valence-corrected chi connectivity index (χ2v) is 8.68. The van der Waals surface area contributed by atoms with E-state index in [1.54, 1.807) is 42.7 Å². The number of hydrogen-bond donors (Lipinski definition) is 3. The standard InChI is InChI=1S/C22H20ClN3O2S/c1-22(28,12-27)14-7-8-25-18(10-14)16-4-2-3-13-9-15(29-21(13)16)11-19-17(23)5-6-20(24)26-19/h2-10,27-28H,11-12H2,1H3,(H2,24,26)/t22-/m1/s1. The molecule has 4 rings (SSSR count). The zero-order valence-electron chi connectivity index (χ0n) is 15.8. The first-order chi connectivity index (χ1) is 13.9. The molecule has 0 aliphatic heterocycles. The van der Waals surface area contributed by atoms with E-state index >= 15 is 0 Å². The van der Waals surface area contributed by atoms with E-state index in [9.17, 15) is 10.2 Å². The fraction of sp³-hybridized carbons (Fsp3) is 0.182. The fourth-order valence-electron chi connectivity index (χ4n) is 3.20. The van der Waals surface area contributed by atoms with Gasteiger partial charge in [-0.25, -0.2) is 4.98 Å². The van der Waals surface area contributed by atoms with Gasteiger partial charge in [-0.1, -0.05) is 29.8 Å². The summed E-state index contributed by atoms with van der Waals surface area (Å²) in [6.07, 6.45) is 2.24. The highest BCUT2D eigenvalue weighted by molar-refractivity contribution is 7.19. The molecule has 1 atom stereocenters. The number of nitrogens with two attached hydrogens (primary N) is 1. The molecular weight excluding hydrogens is 406 g/mol. The molecule has 0 radical (unpaired) electrons. The van der Waals surface area contributed by atoms with Crippen LogP contribution in [0.25, 0.3) is 21.3 Å². The maximum Gasteiger partial charge on any atom is 0.123 e. The number of nitrogen functional groups attached to an aromatic ring is 1. The van der Waals surface area contributed by atoms with Crippen LogP contribution in [0.4, 0.5) is 5.82 Å². The van der Waals surface area contributed by atoms with E-state index in [0.717, 1.165) is 31.9 Å². The van der Waals surface area contributed by atoms with E-state index in [-0.39, 0.29) is 6.61 Å². The summed E-state index contributed by atoms with van der Waals surface area (Å²) in [6.45, 7) is 1.22. The van der Waals surface area contributed by atoms with E-state index in [1.165, 1.54) is 0 Å². The highest BCUT2D eigenvalue weighted by Crippen LogP contribution is 2.36. The molecule has 5 nitrogen and oxygen atoms in total. The van der Waals surface area contributed by atoms with Crippen molar-refractivity contribution >= 4 is 38.8 Å². The SMILES string of the molecule is C[C@@](O)(CO)c1ccnc(-c2cccc3cc(Cc4nc(N)ccc4Cl)sc23)c1. The Balaban J connectivity index is 1.76. The molecule has 0 amide bonds. The lowest BCUT2D eigenvalue weighted by molar-refractivity contribution is -0.00230. The molecule has 148 valence electrons. The Kier molecular flexibility index (Phi) is 5.27. The minimum atomic E-state index is -1.32. The summed E-state index contributed by atoms with van der Waals surface area (Å²) in [4.78, 5) is 9.96. The maximum atomic E-state index is 10.4. The number of aliphatic hydroxyl groups is 2. The number of rotatable bonds is 5. The maximum absolute atomic E-state index is 10.4. The lowest BCUT2D eigenvalue weighted by Crippen LogP contribution is -2.25. The molecule has 0 fully saturated rings. The van der Waals surface area contributed by atoms with Crippen LogP contribution >= 0.6 is 22.9 Å². The van der Waals surface area contributed by atoms with Crippen molar-refractivity contribution in [2.45, 2.75) is 18.9 Å². The minimum absolute atomic E-state index is 0.363. The summed E-state index contributed by atoms with van der Waals surface area (Å²) in [7, 11) is 0. The normalized spacial score (nSPS) is 13.5. The Hall–Kier alpha value is -2.51. The van der Waals surface area contributed by atoms with Crippen molar-refractivity contribution in [2.75, 3.05) is 12.3 Å². The molecule has 3 aromatic heterocycles. The van der Waals surface area contributed by atoms with Gasteiger partial charge in [-0.15, -0.1) is 11.3 Å². The van der Waals surface area contributed by atoms with Crippen LogP contribution in [0, 0.1) is 0 Å². The van der Waals surface area contributed by atoms with Gasteiger partial charge in [-0.2, -0.15) is 0 Å². The zero-order chi connectivity index (χ0) is 20.6. The summed E-state index contributed by atoms with van der Waals surface area (Å²) >= 11 is 7.93. The number of nitrogens with zero attached hydrogens (tertiary/aromatic N) is 2. The quantitative estimate of drug-likeness (QED) is 0.441. The molecule has 0 spiro atoms. The number of aliphatic hydroxyl groups excluding tert-OH is 1. The Labute approximate surface area is 177 Å². The van der Waals surface area contributed by atoms with Gasteiger partial charge in [0.05, 0.1) is 23.0 Å². The molecule has 29 heavy (non-hydrogen) atoms. The average molecular weight is 426 g/mol. The van der Waals surface area contributed by atoms with Crippen LogP contribution in [0.15, 0.2) is 54.7 Å². The predicted molar refractivity (Wildman–Crippen MR) is 118 cm³/mol. The first kappa shape index (κ1) is 19.8. The topological polar surface area (TPSA) is 92.3 Å². The van der Waals surface area contributed by atoms with Crippen LogP contribution in [-0.4, -0.2) is 26.8 Å². The summed E-state index contributed by atoms with van der Waals surface area (Å²) in [5.41, 5.74) is 7.57. The average Bonchev–Trinajstić information content (AvgIpc) is 3.13. The number of fused-ring (bicyclic) bond motifs is 1. The monoisotopic (exact) mass is 425 g/mol. The van der Waals surface area contributed by atoms with Crippen LogP contribution < -0.4 is 5.73 Å². The van der Waals surface area contributed by atoms with E-state index in [4.69, 9.17) is 17.3 Å². The molecule has 3 heterocycles. The second-order valence-electron chi connectivity index (χ2n) is 7.14. The zero-order valence-corrected chi connectivity index (χ0v) is 17.3. The van der Waals surface area contributed by atoms with Crippen molar-refractivity contribution in [1.29, 1.82) is 0 Å².